The SMILES string of the molecule is Cc1c(C)n(CC(C)C)c2c(N3CCCC(C4CCCCC4)C3)nccc12. The van der Waals surface area contributed by atoms with E-state index >= 15 is 0 Å². The van der Waals surface area contributed by atoms with E-state index in [-0.39, 0.29) is 0 Å². The first-order valence-electron chi connectivity index (χ1n) is 11.3. The minimum absolute atomic E-state index is 0.642. The molecule has 1 saturated carbocycles. The molecular formula is C24H37N3. The molecule has 1 unspecified atom stereocenters. The molecule has 0 bridgehead atoms. The van der Waals surface area contributed by atoms with Gasteiger partial charge in [-0.05, 0) is 56.1 Å². The topological polar surface area (TPSA) is 21.1 Å². The minimum atomic E-state index is 0.642. The molecule has 2 aromatic rings. The molecule has 0 N–H and O–H groups in total. The molecule has 0 amide bonds. The van der Waals surface area contributed by atoms with Crippen LogP contribution in [0.15, 0.2) is 12.3 Å². The number of hydrogen-bond donors (Lipinski definition) is 0. The predicted octanol–water partition coefficient (Wildman–Crippen LogP) is 6.11. The van der Waals surface area contributed by atoms with Gasteiger partial charge >= 0.3 is 0 Å². The third-order valence-corrected chi connectivity index (χ3v) is 7.15. The summed E-state index contributed by atoms with van der Waals surface area (Å²) in [6.07, 6.45) is 12.0. The molecule has 148 valence electrons. The van der Waals surface area contributed by atoms with E-state index in [2.05, 4.69) is 43.2 Å². The van der Waals surface area contributed by atoms with E-state index in [9.17, 15) is 0 Å². The fourth-order valence-electron chi connectivity index (χ4n) is 5.59. The van der Waals surface area contributed by atoms with Gasteiger partial charge in [-0.2, -0.15) is 0 Å². The Kier molecular flexibility index (Phi) is 5.48. The average molecular weight is 368 g/mol. The Morgan fingerprint density at radius 2 is 1.78 bits per heavy atom. The van der Waals surface area contributed by atoms with Crippen LogP contribution in [0.4, 0.5) is 5.82 Å². The van der Waals surface area contributed by atoms with E-state index in [0.717, 1.165) is 18.4 Å². The molecule has 27 heavy (non-hydrogen) atoms. The molecule has 3 heteroatoms. The number of hydrogen-bond acceptors (Lipinski definition) is 2. The smallest absolute Gasteiger partial charge is 0.153 e. The van der Waals surface area contributed by atoms with Crippen LogP contribution in [0, 0.1) is 31.6 Å². The monoisotopic (exact) mass is 367 g/mol. The molecule has 3 nitrogen and oxygen atoms in total. The maximum Gasteiger partial charge on any atom is 0.153 e. The highest BCUT2D eigenvalue weighted by molar-refractivity contribution is 5.93. The summed E-state index contributed by atoms with van der Waals surface area (Å²) in [7, 11) is 0. The van der Waals surface area contributed by atoms with Gasteiger partial charge in [0, 0.05) is 36.9 Å². The number of nitrogens with zero attached hydrogens (tertiary/aromatic N) is 3. The second kappa shape index (κ2) is 7.85. The minimum Gasteiger partial charge on any atom is -0.355 e. The molecule has 1 aliphatic heterocycles. The predicted molar refractivity (Wildman–Crippen MR) is 116 cm³/mol. The Hall–Kier alpha value is -1.51. The lowest BCUT2D eigenvalue weighted by molar-refractivity contribution is 0.220. The maximum absolute atomic E-state index is 4.94. The van der Waals surface area contributed by atoms with Crippen LogP contribution in [0.3, 0.4) is 0 Å². The fourth-order valence-corrected chi connectivity index (χ4v) is 5.59. The fraction of sp³-hybridized carbons (Fsp3) is 0.708. The Morgan fingerprint density at radius 3 is 2.52 bits per heavy atom. The molecule has 0 aromatic carbocycles. The zero-order valence-electron chi connectivity index (χ0n) is 17.8. The summed E-state index contributed by atoms with van der Waals surface area (Å²) >= 11 is 0. The third kappa shape index (κ3) is 3.62. The van der Waals surface area contributed by atoms with Crippen molar-refractivity contribution in [3.8, 4) is 0 Å². The highest BCUT2D eigenvalue weighted by Gasteiger charge is 2.30. The lowest BCUT2D eigenvalue weighted by atomic mass is 9.76. The largest absolute Gasteiger partial charge is 0.355 e. The van der Waals surface area contributed by atoms with Gasteiger partial charge in [0.15, 0.2) is 5.82 Å². The van der Waals surface area contributed by atoms with Gasteiger partial charge in [-0.15, -0.1) is 0 Å². The van der Waals surface area contributed by atoms with Crippen molar-refractivity contribution in [2.45, 2.75) is 79.2 Å². The molecule has 1 saturated heterocycles. The van der Waals surface area contributed by atoms with E-state index in [1.807, 2.05) is 6.20 Å². The van der Waals surface area contributed by atoms with Crippen molar-refractivity contribution in [3.05, 3.63) is 23.5 Å². The van der Waals surface area contributed by atoms with Crippen molar-refractivity contribution in [1.29, 1.82) is 0 Å². The first-order valence-corrected chi connectivity index (χ1v) is 11.3. The summed E-state index contributed by atoms with van der Waals surface area (Å²) in [6, 6.07) is 2.22. The zero-order chi connectivity index (χ0) is 19.0. The molecule has 1 atom stereocenters. The van der Waals surface area contributed by atoms with Gasteiger partial charge in [0.2, 0.25) is 0 Å². The second-order valence-corrected chi connectivity index (χ2v) is 9.49. The molecule has 1 aliphatic carbocycles. The van der Waals surface area contributed by atoms with Crippen molar-refractivity contribution >= 4 is 16.7 Å². The zero-order valence-corrected chi connectivity index (χ0v) is 17.8. The van der Waals surface area contributed by atoms with Crippen LogP contribution in [0.1, 0.15) is 70.1 Å². The van der Waals surface area contributed by atoms with Crippen molar-refractivity contribution in [2.24, 2.45) is 17.8 Å². The molecule has 3 heterocycles. The number of anilines is 1. The van der Waals surface area contributed by atoms with Gasteiger partial charge in [0.1, 0.15) is 0 Å². The molecular weight excluding hydrogens is 330 g/mol. The molecule has 2 aliphatic rings. The van der Waals surface area contributed by atoms with E-state index in [1.165, 1.54) is 86.0 Å². The number of fused-ring (bicyclic) bond motifs is 1. The maximum atomic E-state index is 4.94. The molecule has 2 fully saturated rings. The van der Waals surface area contributed by atoms with Crippen LogP contribution in [-0.4, -0.2) is 22.6 Å². The lowest BCUT2D eigenvalue weighted by Gasteiger charge is -2.39. The summed E-state index contributed by atoms with van der Waals surface area (Å²) in [4.78, 5) is 7.56. The highest BCUT2D eigenvalue weighted by atomic mass is 15.2. The van der Waals surface area contributed by atoms with Gasteiger partial charge in [-0.3, -0.25) is 0 Å². The van der Waals surface area contributed by atoms with Crippen molar-refractivity contribution in [3.63, 3.8) is 0 Å². The number of rotatable bonds is 4. The summed E-state index contributed by atoms with van der Waals surface area (Å²) in [5.74, 6) is 3.70. The molecule has 0 spiro atoms. The van der Waals surface area contributed by atoms with E-state index in [1.54, 1.807) is 0 Å². The Balaban J connectivity index is 1.69. The van der Waals surface area contributed by atoms with Crippen LogP contribution < -0.4 is 4.90 Å². The summed E-state index contributed by atoms with van der Waals surface area (Å²) < 4.78 is 2.54. The van der Waals surface area contributed by atoms with Crippen molar-refractivity contribution in [1.82, 2.24) is 9.55 Å². The second-order valence-electron chi connectivity index (χ2n) is 9.49. The van der Waals surface area contributed by atoms with Gasteiger partial charge in [0.25, 0.3) is 0 Å². The average Bonchev–Trinajstić information content (AvgIpc) is 2.93. The molecule has 0 radical (unpaired) electrons. The van der Waals surface area contributed by atoms with Crippen molar-refractivity contribution in [2.75, 3.05) is 18.0 Å². The third-order valence-electron chi connectivity index (χ3n) is 7.15. The molecule has 4 rings (SSSR count). The normalized spacial score (nSPS) is 22.1. The Labute approximate surface area is 165 Å². The molecule has 2 aromatic heterocycles. The van der Waals surface area contributed by atoms with Crippen LogP contribution >= 0.6 is 0 Å². The summed E-state index contributed by atoms with van der Waals surface area (Å²) in [6.45, 7) is 12.6. The Morgan fingerprint density at radius 1 is 1.04 bits per heavy atom. The quantitative estimate of drug-likeness (QED) is 0.650. The standard InChI is InChI=1S/C24H37N3/c1-17(2)15-27-19(4)18(3)22-12-13-25-24(23(22)27)26-14-8-11-21(16-26)20-9-6-5-7-10-20/h12-13,17,20-21H,5-11,14-16H2,1-4H3. The van der Waals surface area contributed by atoms with Gasteiger partial charge in [-0.25, -0.2) is 4.98 Å². The number of aromatic nitrogens is 2. The highest BCUT2D eigenvalue weighted by Crippen LogP contribution is 2.38. The van der Waals surface area contributed by atoms with E-state index < -0.39 is 0 Å². The van der Waals surface area contributed by atoms with Crippen LogP contribution in [0.5, 0.6) is 0 Å². The van der Waals surface area contributed by atoms with Gasteiger partial charge < -0.3 is 9.47 Å². The number of piperidine rings is 1. The lowest BCUT2D eigenvalue weighted by Crippen LogP contribution is -2.39. The van der Waals surface area contributed by atoms with Gasteiger partial charge in [0.05, 0.1) is 5.52 Å². The van der Waals surface area contributed by atoms with Gasteiger partial charge in [-0.1, -0.05) is 46.0 Å². The summed E-state index contributed by atoms with van der Waals surface area (Å²) in [5, 5.41) is 1.40. The first-order chi connectivity index (χ1) is 13.1. The summed E-state index contributed by atoms with van der Waals surface area (Å²) in [5.41, 5.74) is 4.22. The van der Waals surface area contributed by atoms with E-state index in [4.69, 9.17) is 4.98 Å². The Bertz CT molecular complexity index is 783. The first kappa shape index (κ1) is 18.8. The van der Waals surface area contributed by atoms with E-state index in [0.29, 0.717) is 5.92 Å². The van der Waals surface area contributed by atoms with Crippen LogP contribution in [-0.2, 0) is 6.54 Å². The van der Waals surface area contributed by atoms with Crippen LogP contribution in [0.25, 0.3) is 10.9 Å². The number of pyridine rings is 1. The number of aryl methyl sites for hydroxylation is 1. The van der Waals surface area contributed by atoms with Crippen molar-refractivity contribution < 1.29 is 0 Å². The van der Waals surface area contributed by atoms with Crippen LogP contribution in [0.2, 0.25) is 0 Å².